The van der Waals surface area contributed by atoms with Crippen molar-refractivity contribution in [3.63, 3.8) is 0 Å². The highest BCUT2D eigenvalue weighted by molar-refractivity contribution is 7.09. The van der Waals surface area contributed by atoms with Crippen LogP contribution in [0.1, 0.15) is 45.7 Å². The molecule has 0 aromatic carbocycles. The standard InChI is InChI=1S/C16H17N5O3S/c1-9(2)21-14-10(7-19-21)5-11(6-18-14)15(22)17-4-3-13-20-12(8-25-13)16(23)24/h5-9H,3-4H2,1-2H3,(H,17,22)(H,23,24). The largest absolute Gasteiger partial charge is 0.476 e. The van der Waals surface area contributed by atoms with Gasteiger partial charge in [-0.05, 0) is 19.9 Å². The zero-order valence-electron chi connectivity index (χ0n) is 13.8. The number of carbonyl (C=O) groups excluding carboxylic acids is 1. The predicted molar refractivity (Wildman–Crippen MR) is 93.0 cm³/mol. The van der Waals surface area contributed by atoms with Gasteiger partial charge in [-0.3, -0.25) is 4.79 Å². The number of pyridine rings is 1. The van der Waals surface area contributed by atoms with Crippen molar-refractivity contribution in [2.24, 2.45) is 0 Å². The van der Waals surface area contributed by atoms with Crippen LogP contribution in [0.5, 0.6) is 0 Å². The van der Waals surface area contributed by atoms with Crippen molar-refractivity contribution in [3.05, 3.63) is 40.1 Å². The minimum atomic E-state index is -1.05. The third-order valence-corrected chi connectivity index (χ3v) is 4.49. The summed E-state index contributed by atoms with van der Waals surface area (Å²) in [7, 11) is 0. The zero-order chi connectivity index (χ0) is 18.0. The number of aromatic nitrogens is 4. The number of rotatable bonds is 6. The first-order valence-electron chi connectivity index (χ1n) is 7.75. The minimum Gasteiger partial charge on any atom is -0.476 e. The molecule has 130 valence electrons. The van der Waals surface area contributed by atoms with Gasteiger partial charge in [-0.2, -0.15) is 5.10 Å². The summed E-state index contributed by atoms with van der Waals surface area (Å²) in [5.74, 6) is -1.28. The third kappa shape index (κ3) is 3.66. The molecular formula is C16H17N5O3S. The number of nitrogens with one attached hydrogen (secondary N) is 1. The number of thiazole rings is 1. The van der Waals surface area contributed by atoms with E-state index in [4.69, 9.17) is 5.11 Å². The van der Waals surface area contributed by atoms with Gasteiger partial charge in [0.2, 0.25) is 0 Å². The lowest BCUT2D eigenvalue weighted by Gasteiger charge is -2.07. The van der Waals surface area contributed by atoms with E-state index >= 15 is 0 Å². The lowest BCUT2D eigenvalue weighted by Crippen LogP contribution is -2.25. The molecule has 1 amide bonds. The highest BCUT2D eigenvalue weighted by Gasteiger charge is 2.12. The van der Waals surface area contributed by atoms with Crippen LogP contribution < -0.4 is 5.32 Å². The van der Waals surface area contributed by atoms with Gasteiger partial charge in [0, 0.05) is 36.0 Å². The zero-order valence-corrected chi connectivity index (χ0v) is 14.6. The monoisotopic (exact) mass is 359 g/mol. The molecule has 3 rings (SSSR count). The lowest BCUT2D eigenvalue weighted by atomic mass is 10.2. The van der Waals surface area contributed by atoms with Gasteiger partial charge >= 0.3 is 5.97 Å². The molecule has 0 aliphatic carbocycles. The number of hydrogen-bond acceptors (Lipinski definition) is 6. The van der Waals surface area contributed by atoms with E-state index in [2.05, 4.69) is 20.4 Å². The molecule has 9 heteroatoms. The second-order valence-electron chi connectivity index (χ2n) is 5.76. The summed E-state index contributed by atoms with van der Waals surface area (Å²) in [6, 6.07) is 1.95. The average molecular weight is 359 g/mol. The van der Waals surface area contributed by atoms with E-state index in [0.29, 0.717) is 23.5 Å². The molecule has 0 atom stereocenters. The maximum atomic E-state index is 12.2. The van der Waals surface area contributed by atoms with Crippen LogP contribution in [0.15, 0.2) is 23.8 Å². The number of carboxylic acid groups (broad SMARTS) is 1. The van der Waals surface area contributed by atoms with Crippen LogP contribution in [-0.4, -0.2) is 43.3 Å². The average Bonchev–Trinajstić information content (AvgIpc) is 3.20. The molecule has 0 aliphatic rings. The smallest absolute Gasteiger partial charge is 0.355 e. The molecule has 0 spiro atoms. The molecule has 0 radical (unpaired) electrons. The molecule has 3 aromatic rings. The number of aromatic carboxylic acids is 1. The summed E-state index contributed by atoms with van der Waals surface area (Å²) in [6.07, 6.45) is 3.71. The maximum Gasteiger partial charge on any atom is 0.355 e. The first kappa shape index (κ1) is 17.0. The molecule has 2 N–H and O–H groups in total. The fourth-order valence-corrected chi connectivity index (χ4v) is 3.12. The molecule has 3 heterocycles. The quantitative estimate of drug-likeness (QED) is 0.698. The highest BCUT2D eigenvalue weighted by atomic mass is 32.1. The number of carboxylic acids is 1. The van der Waals surface area contributed by atoms with Gasteiger partial charge in [-0.1, -0.05) is 0 Å². The van der Waals surface area contributed by atoms with Crippen molar-refractivity contribution in [1.29, 1.82) is 0 Å². The number of amides is 1. The van der Waals surface area contributed by atoms with Gasteiger partial charge in [0.05, 0.1) is 16.8 Å². The molecule has 0 bridgehead atoms. The summed E-state index contributed by atoms with van der Waals surface area (Å²) >= 11 is 1.27. The summed E-state index contributed by atoms with van der Waals surface area (Å²) in [5, 5.41) is 18.9. The van der Waals surface area contributed by atoms with Crippen LogP contribution in [-0.2, 0) is 6.42 Å². The topological polar surface area (TPSA) is 110 Å². The Morgan fingerprint density at radius 2 is 2.16 bits per heavy atom. The van der Waals surface area contributed by atoms with Crippen LogP contribution >= 0.6 is 11.3 Å². The van der Waals surface area contributed by atoms with Gasteiger partial charge < -0.3 is 10.4 Å². The Kier molecular flexibility index (Phi) is 4.75. The van der Waals surface area contributed by atoms with Gasteiger partial charge in [0.15, 0.2) is 11.3 Å². The van der Waals surface area contributed by atoms with Crippen LogP contribution in [0, 0.1) is 0 Å². The van der Waals surface area contributed by atoms with Crippen LogP contribution in [0.4, 0.5) is 0 Å². The Balaban J connectivity index is 1.62. The summed E-state index contributed by atoms with van der Waals surface area (Å²) < 4.78 is 1.81. The van der Waals surface area contributed by atoms with Crippen molar-refractivity contribution in [2.75, 3.05) is 6.54 Å². The van der Waals surface area contributed by atoms with Crippen molar-refractivity contribution < 1.29 is 14.7 Å². The Morgan fingerprint density at radius 1 is 1.36 bits per heavy atom. The van der Waals surface area contributed by atoms with E-state index in [-0.39, 0.29) is 17.6 Å². The molecule has 0 saturated carbocycles. The van der Waals surface area contributed by atoms with Crippen LogP contribution in [0.25, 0.3) is 11.0 Å². The minimum absolute atomic E-state index is 0.0307. The fourth-order valence-electron chi connectivity index (χ4n) is 2.35. The third-order valence-electron chi connectivity index (χ3n) is 3.58. The van der Waals surface area contributed by atoms with E-state index in [1.807, 2.05) is 13.8 Å². The van der Waals surface area contributed by atoms with Gasteiger partial charge in [0.25, 0.3) is 5.91 Å². The molecule has 0 fully saturated rings. The Hall–Kier alpha value is -2.81. The van der Waals surface area contributed by atoms with Crippen LogP contribution in [0.2, 0.25) is 0 Å². The Morgan fingerprint density at radius 3 is 2.84 bits per heavy atom. The SMILES string of the molecule is CC(C)n1ncc2cc(C(=O)NCCc3nc(C(=O)O)cs3)cnc21. The van der Waals surface area contributed by atoms with Crippen molar-refractivity contribution >= 4 is 34.2 Å². The molecular weight excluding hydrogens is 342 g/mol. The number of fused-ring (bicyclic) bond motifs is 1. The van der Waals surface area contributed by atoms with Crippen molar-refractivity contribution in [2.45, 2.75) is 26.3 Å². The molecule has 0 saturated heterocycles. The maximum absolute atomic E-state index is 12.2. The Bertz CT molecular complexity index is 931. The summed E-state index contributed by atoms with van der Waals surface area (Å²) in [5.41, 5.74) is 1.24. The second-order valence-corrected chi connectivity index (χ2v) is 6.70. The van der Waals surface area contributed by atoms with Gasteiger partial charge in [0.1, 0.15) is 0 Å². The summed E-state index contributed by atoms with van der Waals surface area (Å²) in [6.45, 7) is 4.40. The first-order chi connectivity index (χ1) is 12.0. The van der Waals surface area contributed by atoms with E-state index in [0.717, 1.165) is 11.0 Å². The number of hydrogen-bond donors (Lipinski definition) is 2. The Labute approximate surface area is 147 Å². The van der Waals surface area contributed by atoms with Gasteiger partial charge in [-0.15, -0.1) is 11.3 Å². The molecule has 8 nitrogen and oxygen atoms in total. The molecule has 25 heavy (non-hydrogen) atoms. The normalized spacial score (nSPS) is 11.2. The van der Waals surface area contributed by atoms with Gasteiger partial charge in [-0.25, -0.2) is 19.4 Å². The predicted octanol–water partition coefficient (Wildman–Crippen LogP) is 2.14. The highest BCUT2D eigenvalue weighted by Crippen LogP contribution is 2.16. The van der Waals surface area contributed by atoms with Crippen molar-refractivity contribution in [3.8, 4) is 0 Å². The molecule has 0 unspecified atom stereocenters. The van der Waals surface area contributed by atoms with E-state index in [9.17, 15) is 9.59 Å². The van der Waals surface area contributed by atoms with E-state index < -0.39 is 5.97 Å². The van der Waals surface area contributed by atoms with Crippen LogP contribution in [0.3, 0.4) is 0 Å². The summed E-state index contributed by atoms with van der Waals surface area (Å²) in [4.78, 5) is 31.4. The molecule has 3 aromatic heterocycles. The number of carbonyl (C=O) groups is 2. The van der Waals surface area contributed by atoms with Crippen molar-refractivity contribution in [1.82, 2.24) is 25.1 Å². The second kappa shape index (κ2) is 6.98. The molecule has 0 aliphatic heterocycles. The number of nitrogens with zero attached hydrogens (tertiary/aromatic N) is 4. The first-order valence-corrected chi connectivity index (χ1v) is 8.63. The lowest BCUT2D eigenvalue weighted by molar-refractivity contribution is 0.0690. The van der Waals surface area contributed by atoms with E-state index in [1.165, 1.54) is 22.9 Å². The fraction of sp³-hybridized carbons (Fsp3) is 0.312. The van der Waals surface area contributed by atoms with E-state index in [1.54, 1.807) is 16.9 Å².